The molecule has 0 bridgehead atoms. The van der Waals surface area contributed by atoms with E-state index in [1.165, 1.54) is 0 Å². The van der Waals surface area contributed by atoms with Crippen molar-refractivity contribution < 1.29 is 4.79 Å². The van der Waals surface area contributed by atoms with E-state index in [1.807, 2.05) is 74.8 Å². The van der Waals surface area contributed by atoms with Crippen LogP contribution in [0.15, 0.2) is 79.1 Å². The van der Waals surface area contributed by atoms with Crippen molar-refractivity contribution in [1.29, 1.82) is 0 Å². The Hall–Kier alpha value is -3.57. The number of anilines is 1. The molecule has 4 aromatic rings. The number of para-hydroxylation sites is 1. The monoisotopic (exact) mass is 382 g/mol. The molecule has 0 radical (unpaired) electrons. The smallest absolute Gasteiger partial charge is 0.256 e. The van der Waals surface area contributed by atoms with Gasteiger partial charge in [-0.3, -0.25) is 9.78 Å². The lowest BCUT2D eigenvalue weighted by Crippen LogP contribution is -2.14. The van der Waals surface area contributed by atoms with Gasteiger partial charge in [-0.1, -0.05) is 30.3 Å². The molecule has 2 aromatic heterocycles. The van der Waals surface area contributed by atoms with E-state index in [2.05, 4.69) is 21.3 Å². The maximum absolute atomic E-state index is 13.2. The average Bonchev–Trinajstić information content (AvgIpc) is 2.73. The molecular weight excluding hydrogens is 360 g/mol. The van der Waals surface area contributed by atoms with E-state index >= 15 is 0 Å². The van der Waals surface area contributed by atoms with Crippen LogP contribution in [0.5, 0.6) is 0 Å². The van der Waals surface area contributed by atoms with Gasteiger partial charge in [0.15, 0.2) is 0 Å². The van der Waals surface area contributed by atoms with Crippen LogP contribution in [0.25, 0.3) is 22.2 Å². The molecule has 0 unspecified atom stereocenters. The van der Waals surface area contributed by atoms with Gasteiger partial charge >= 0.3 is 0 Å². The van der Waals surface area contributed by atoms with E-state index in [0.717, 1.165) is 40.0 Å². The molecule has 29 heavy (non-hydrogen) atoms. The molecule has 0 atom stereocenters. The Labute approximate surface area is 170 Å². The van der Waals surface area contributed by atoms with Crippen LogP contribution in [0.2, 0.25) is 0 Å². The van der Waals surface area contributed by atoms with E-state index in [9.17, 15) is 4.79 Å². The van der Waals surface area contributed by atoms with Crippen LogP contribution in [0.4, 0.5) is 5.69 Å². The van der Waals surface area contributed by atoms with Crippen molar-refractivity contribution in [3.63, 3.8) is 0 Å². The SMILES string of the molecule is CN(C)Cc1cccc(NC(=O)c2cc(-c3cccnc3)nc3ccccc23)c1. The van der Waals surface area contributed by atoms with Crippen LogP contribution in [-0.4, -0.2) is 34.9 Å². The minimum Gasteiger partial charge on any atom is -0.322 e. The first-order chi connectivity index (χ1) is 14.1. The summed E-state index contributed by atoms with van der Waals surface area (Å²) in [6.45, 7) is 0.813. The number of aromatic nitrogens is 2. The van der Waals surface area contributed by atoms with Crippen LogP contribution in [0.3, 0.4) is 0 Å². The van der Waals surface area contributed by atoms with Crippen LogP contribution in [0.1, 0.15) is 15.9 Å². The number of carbonyl (C=O) groups excluding carboxylic acids is 1. The summed E-state index contributed by atoms with van der Waals surface area (Å²) in [5, 5.41) is 3.86. The van der Waals surface area contributed by atoms with Crippen LogP contribution in [-0.2, 0) is 6.54 Å². The van der Waals surface area contributed by atoms with Crippen molar-refractivity contribution in [3.05, 3.63) is 90.3 Å². The highest BCUT2D eigenvalue weighted by molar-refractivity contribution is 6.13. The third-order valence-electron chi connectivity index (χ3n) is 4.60. The van der Waals surface area contributed by atoms with Gasteiger partial charge < -0.3 is 10.2 Å². The minimum atomic E-state index is -0.157. The highest BCUT2D eigenvalue weighted by Crippen LogP contribution is 2.25. The minimum absolute atomic E-state index is 0.157. The first-order valence-electron chi connectivity index (χ1n) is 9.45. The second kappa shape index (κ2) is 8.20. The highest BCUT2D eigenvalue weighted by atomic mass is 16.1. The molecule has 1 N–H and O–H groups in total. The fourth-order valence-corrected chi connectivity index (χ4v) is 3.34. The summed E-state index contributed by atoms with van der Waals surface area (Å²) in [7, 11) is 4.04. The molecule has 0 aliphatic rings. The first-order valence-corrected chi connectivity index (χ1v) is 9.45. The van der Waals surface area contributed by atoms with E-state index in [1.54, 1.807) is 12.4 Å². The Morgan fingerprint density at radius 2 is 1.86 bits per heavy atom. The fourth-order valence-electron chi connectivity index (χ4n) is 3.34. The number of nitrogens with zero attached hydrogens (tertiary/aromatic N) is 3. The predicted octanol–water partition coefficient (Wildman–Crippen LogP) is 4.61. The molecule has 0 spiro atoms. The molecule has 0 saturated carbocycles. The molecule has 4 rings (SSSR count). The summed E-state index contributed by atoms with van der Waals surface area (Å²) in [5.41, 5.74) is 4.89. The predicted molar refractivity (Wildman–Crippen MR) is 117 cm³/mol. The molecule has 144 valence electrons. The maximum atomic E-state index is 13.2. The van der Waals surface area contributed by atoms with E-state index in [4.69, 9.17) is 4.98 Å². The third-order valence-corrected chi connectivity index (χ3v) is 4.60. The molecular formula is C24H22N4O. The number of nitrogens with one attached hydrogen (secondary N) is 1. The Morgan fingerprint density at radius 1 is 1.00 bits per heavy atom. The Morgan fingerprint density at radius 3 is 2.66 bits per heavy atom. The van der Waals surface area contributed by atoms with Gasteiger partial charge in [0, 0.05) is 35.6 Å². The van der Waals surface area contributed by atoms with Gasteiger partial charge in [-0.15, -0.1) is 0 Å². The number of carbonyl (C=O) groups is 1. The number of hydrogen-bond acceptors (Lipinski definition) is 4. The molecule has 2 aromatic carbocycles. The number of hydrogen-bond donors (Lipinski definition) is 1. The molecule has 5 nitrogen and oxygen atoms in total. The molecule has 5 heteroatoms. The third kappa shape index (κ3) is 4.31. The Balaban J connectivity index is 1.72. The zero-order valence-electron chi connectivity index (χ0n) is 16.5. The van der Waals surface area contributed by atoms with E-state index in [0.29, 0.717) is 5.56 Å². The standard InChI is InChI=1S/C24H22N4O/c1-28(2)16-17-7-5-9-19(13-17)26-24(29)21-14-23(18-8-6-12-25-15-18)27-22-11-4-3-10-20(21)22/h3-15H,16H2,1-2H3,(H,26,29). The van der Waals surface area contributed by atoms with Crippen molar-refractivity contribution in [2.24, 2.45) is 0 Å². The number of amides is 1. The summed E-state index contributed by atoms with van der Waals surface area (Å²) in [5.74, 6) is -0.157. The van der Waals surface area contributed by atoms with Crippen LogP contribution in [0, 0.1) is 0 Å². The van der Waals surface area contributed by atoms with Gasteiger partial charge in [0.2, 0.25) is 0 Å². The van der Waals surface area contributed by atoms with Crippen LogP contribution >= 0.6 is 0 Å². The van der Waals surface area contributed by atoms with Crippen LogP contribution < -0.4 is 5.32 Å². The lowest BCUT2D eigenvalue weighted by Gasteiger charge is -2.13. The molecule has 2 heterocycles. The summed E-state index contributed by atoms with van der Waals surface area (Å²) in [4.78, 5) is 24.2. The zero-order chi connectivity index (χ0) is 20.2. The maximum Gasteiger partial charge on any atom is 0.256 e. The summed E-state index contributed by atoms with van der Waals surface area (Å²) >= 11 is 0. The quantitative estimate of drug-likeness (QED) is 0.548. The number of fused-ring (bicyclic) bond motifs is 1. The second-order valence-corrected chi connectivity index (χ2v) is 7.21. The Kier molecular flexibility index (Phi) is 5.31. The number of pyridine rings is 2. The molecule has 0 aliphatic carbocycles. The number of benzene rings is 2. The van der Waals surface area contributed by atoms with Gasteiger partial charge in [0.05, 0.1) is 16.8 Å². The lowest BCUT2D eigenvalue weighted by molar-refractivity contribution is 0.102. The summed E-state index contributed by atoms with van der Waals surface area (Å²) < 4.78 is 0. The molecule has 1 amide bonds. The average molecular weight is 382 g/mol. The van der Waals surface area contributed by atoms with Crippen molar-refractivity contribution in [2.75, 3.05) is 19.4 Å². The Bertz CT molecular complexity index is 1160. The van der Waals surface area contributed by atoms with E-state index in [-0.39, 0.29) is 5.91 Å². The van der Waals surface area contributed by atoms with Crippen molar-refractivity contribution in [2.45, 2.75) is 6.54 Å². The largest absolute Gasteiger partial charge is 0.322 e. The normalized spacial score (nSPS) is 11.0. The van der Waals surface area contributed by atoms with Gasteiger partial charge in [-0.2, -0.15) is 0 Å². The first kappa shape index (κ1) is 18.8. The zero-order valence-corrected chi connectivity index (χ0v) is 16.5. The van der Waals surface area contributed by atoms with Gasteiger partial charge in [0.1, 0.15) is 0 Å². The second-order valence-electron chi connectivity index (χ2n) is 7.21. The van der Waals surface area contributed by atoms with Crippen molar-refractivity contribution in [3.8, 4) is 11.3 Å². The highest BCUT2D eigenvalue weighted by Gasteiger charge is 2.14. The lowest BCUT2D eigenvalue weighted by atomic mass is 10.0. The van der Waals surface area contributed by atoms with Crippen molar-refractivity contribution in [1.82, 2.24) is 14.9 Å². The molecule has 0 aliphatic heterocycles. The summed E-state index contributed by atoms with van der Waals surface area (Å²) in [6, 6.07) is 21.2. The fraction of sp³-hybridized carbons (Fsp3) is 0.125. The number of rotatable bonds is 5. The van der Waals surface area contributed by atoms with Gasteiger partial charge in [-0.05, 0) is 56.1 Å². The van der Waals surface area contributed by atoms with Gasteiger partial charge in [-0.25, -0.2) is 4.98 Å². The van der Waals surface area contributed by atoms with Gasteiger partial charge in [0.25, 0.3) is 5.91 Å². The molecule has 0 saturated heterocycles. The molecule has 0 fully saturated rings. The topological polar surface area (TPSA) is 58.1 Å². The summed E-state index contributed by atoms with van der Waals surface area (Å²) in [6.07, 6.45) is 3.47. The van der Waals surface area contributed by atoms with Crippen molar-refractivity contribution >= 4 is 22.5 Å². The van der Waals surface area contributed by atoms with E-state index < -0.39 is 0 Å².